The molecule has 258 valence electrons. The molecule has 7 aromatic carbocycles. The highest BCUT2D eigenvalue weighted by atomic mass is 15.1. The molecule has 0 saturated carbocycles. The predicted molar refractivity (Wildman–Crippen MR) is 223 cm³/mol. The third kappa shape index (κ3) is 7.87. The standard InChI is InChI=1S/C50H48N2/c1-35-7-13-41(14-8-35)33-51(49-25-11-37(3)39(5)31-49)47-27-21-45(22-28-47)43-17-19-44(20-18-43)46-23-29-48(30-24-46)52(34-42-15-9-36(2)10-16-42)50-26-12-38(4)40(6)32-50/h7-32H,33-34H2,1-6H3. The summed E-state index contributed by atoms with van der Waals surface area (Å²) in [5.41, 5.74) is 20.0. The molecule has 0 unspecified atom stereocenters. The first-order valence-electron chi connectivity index (χ1n) is 18.3. The zero-order valence-corrected chi connectivity index (χ0v) is 31.3. The maximum absolute atomic E-state index is 2.41. The summed E-state index contributed by atoms with van der Waals surface area (Å²) in [5, 5.41) is 0. The van der Waals surface area contributed by atoms with Gasteiger partial charge in [-0.3, -0.25) is 0 Å². The van der Waals surface area contributed by atoms with E-state index in [-0.39, 0.29) is 0 Å². The molecule has 0 saturated heterocycles. The molecule has 0 aliphatic heterocycles. The van der Waals surface area contributed by atoms with Gasteiger partial charge in [-0.2, -0.15) is 0 Å². The van der Waals surface area contributed by atoms with Gasteiger partial charge >= 0.3 is 0 Å². The number of rotatable bonds is 10. The van der Waals surface area contributed by atoms with E-state index in [2.05, 4.69) is 209 Å². The van der Waals surface area contributed by atoms with E-state index < -0.39 is 0 Å². The molecule has 0 spiro atoms. The summed E-state index contributed by atoms with van der Waals surface area (Å²) in [6.07, 6.45) is 0. The molecule has 7 rings (SSSR count). The zero-order valence-electron chi connectivity index (χ0n) is 31.3. The van der Waals surface area contributed by atoms with E-state index >= 15 is 0 Å². The first-order valence-corrected chi connectivity index (χ1v) is 18.3. The Balaban J connectivity index is 1.11. The lowest BCUT2D eigenvalue weighted by Crippen LogP contribution is -2.16. The summed E-state index contributed by atoms with van der Waals surface area (Å²) in [5.74, 6) is 0. The van der Waals surface area contributed by atoms with Gasteiger partial charge < -0.3 is 9.80 Å². The van der Waals surface area contributed by atoms with Gasteiger partial charge in [0.25, 0.3) is 0 Å². The molecular formula is C50H48N2. The van der Waals surface area contributed by atoms with Crippen molar-refractivity contribution in [1.82, 2.24) is 0 Å². The molecule has 2 heteroatoms. The first kappa shape index (κ1) is 34.6. The minimum absolute atomic E-state index is 0.810. The number of hydrogen-bond donors (Lipinski definition) is 0. The topological polar surface area (TPSA) is 6.48 Å². The van der Waals surface area contributed by atoms with Crippen molar-refractivity contribution in [2.24, 2.45) is 0 Å². The van der Waals surface area contributed by atoms with Gasteiger partial charge in [0, 0.05) is 35.8 Å². The lowest BCUT2D eigenvalue weighted by atomic mass is 9.99. The second-order valence-electron chi connectivity index (χ2n) is 14.4. The van der Waals surface area contributed by atoms with Crippen LogP contribution in [0.4, 0.5) is 22.7 Å². The van der Waals surface area contributed by atoms with E-state index in [0.29, 0.717) is 0 Å². The van der Waals surface area contributed by atoms with Crippen molar-refractivity contribution in [3.05, 3.63) is 202 Å². The first-order chi connectivity index (χ1) is 25.2. The molecule has 0 amide bonds. The molecule has 0 N–H and O–H groups in total. The third-order valence-corrected chi connectivity index (χ3v) is 10.4. The van der Waals surface area contributed by atoms with Gasteiger partial charge in [-0.15, -0.1) is 0 Å². The van der Waals surface area contributed by atoms with E-state index in [9.17, 15) is 0 Å². The minimum atomic E-state index is 0.810. The van der Waals surface area contributed by atoms with Crippen LogP contribution in [-0.2, 0) is 13.1 Å². The summed E-state index contributed by atoms with van der Waals surface area (Å²) in [6, 6.07) is 58.2. The van der Waals surface area contributed by atoms with Gasteiger partial charge in [0.2, 0.25) is 0 Å². The Morgan fingerprint density at radius 2 is 0.577 bits per heavy atom. The molecule has 52 heavy (non-hydrogen) atoms. The Kier molecular flexibility index (Phi) is 10.1. The van der Waals surface area contributed by atoms with Crippen LogP contribution in [-0.4, -0.2) is 0 Å². The van der Waals surface area contributed by atoms with E-state index in [1.165, 1.54) is 89.5 Å². The van der Waals surface area contributed by atoms with Crippen LogP contribution in [0, 0.1) is 41.5 Å². The second-order valence-corrected chi connectivity index (χ2v) is 14.4. The van der Waals surface area contributed by atoms with Crippen LogP contribution in [0.2, 0.25) is 0 Å². The largest absolute Gasteiger partial charge is 0.337 e. The highest BCUT2D eigenvalue weighted by Gasteiger charge is 2.14. The van der Waals surface area contributed by atoms with Gasteiger partial charge in [0.05, 0.1) is 0 Å². The highest BCUT2D eigenvalue weighted by Crippen LogP contribution is 2.34. The van der Waals surface area contributed by atoms with Crippen LogP contribution < -0.4 is 9.80 Å². The van der Waals surface area contributed by atoms with Crippen LogP contribution in [0.1, 0.15) is 44.5 Å². The quantitative estimate of drug-likeness (QED) is 0.142. The smallest absolute Gasteiger partial charge is 0.0481 e. The van der Waals surface area contributed by atoms with Gasteiger partial charge in [-0.1, -0.05) is 120 Å². The normalized spacial score (nSPS) is 11.0. The lowest BCUT2D eigenvalue weighted by molar-refractivity contribution is 0.972. The minimum Gasteiger partial charge on any atom is -0.337 e. The number of benzene rings is 7. The molecule has 0 atom stereocenters. The van der Waals surface area contributed by atoms with Crippen LogP contribution in [0.25, 0.3) is 22.3 Å². The lowest BCUT2D eigenvalue weighted by Gasteiger charge is -2.26. The van der Waals surface area contributed by atoms with Crippen LogP contribution in [0.5, 0.6) is 0 Å². The van der Waals surface area contributed by atoms with Crippen molar-refractivity contribution >= 4 is 22.7 Å². The average Bonchev–Trinajstić information content (AvgIpc) is 3.17. The Morgan fingerprint density at radius 1 is 0.288 bits per heavy atom. The van der Waals surface area contributed by atoms with Crippen molar-refractivity contribution in [3.63, 3.8) is 0 Å². The van der Waals surface area contributed by atoms with Crippen molar-refractivity contribution in [1.29, 1.82) is 0 Å². The average molecular weight is 677 g/mol. The van der Waals surface area contributed by atoms with Crippen molar-refractivity contribution < 1.29 is 0 Å². The Morgan fingerprint density at radius 3 is 0.885 bits per heavy atom. The maximum Gasteiger partial charge on any atom is 0.0481 e. The second kappa shape index (κ2) is 15.2. The number of hydrogen-bond acceptors (Lipinski definition) is 2. The summed E-state index contributed by atoms with van der Waals surface area (Å²) >= 11 is 0. The summed E-state index contributed by atoms with van der Waals surface area (Å²) < 4.78 is 0. The SMILES string of the molecule is Cc1ccc(CN(c2ccc(-c3ccc(-c4ccc(N(Cc5ccc(C)cc5)c5ccc(C)c(C)c5)cc4)cc3)cc2)c2ccc(C)c(C)c2)cc1. The molecule has 0 aliphatic carbocycles. The molecule has 0 heterocycles. The zero-order chi connectivity index (χ0) is 36.2. The molecule has 0 fully saturated rings. The fourth-order valence-corrected chi connectivity index (χ4v) is 6.73. The molecule has 0 bridgehead atoms. The van der Waals surface area contributed by atoms with Crippen LogP contribution in [0.15, 0.2) is 158 Å². The fraction of sp³-hybridized carbons (Fsp3) is 0.160. The monoisotopic (exact) mass is 676 g/mol. The van der Waals surface area contributed by atoms with Gasteiger partial charge in [0.15, 0.2) is 0 Å². The molecule has 0 aromatic heterocycles. The van der Waals surface area contributed by atoms with E-state index in [4.69, 9.17) is 0 Å². The number of aryl methyl sites for hydroxylation is 6. The molecular weight excluding hydrogens is 629 g/mol. The molecule has 0 aliphatic rings. The third-order valence-electron chi connectivity index (χ3n) is 10.4. The summed E-state index contributed by atoms with van der Waals surface area (Å²) in [4.78, 5) is 4.82. The fourth-order valence-electron chi connectivity index (χ4n) is 6.73. The van der Waals surface area contributed by atoms with E-state index in [0.717, 1.165) is 13.1 Å². The Hall–Kier alpha value is -5.86. The van der Waals surface area contributed by atoms with Crippen molar-refractivity contribution in [3.8, 4) is 22.3 Å². The predicted octanol–water partition coefficient (Wildman–Crippen LogP) is 13.5. The van der Waals surface area contributed by atoms with Crippen molar-refractivity contribution in [2.75, 3.05) is 9.80 Å². The Labute approximate surface area is 310 Å². The highest BCUT2D eigenvalue weighted by molar-refractivity contribution is 5.75. The van der Waals surface area contributed by atoms with E-state index in [1.54, 1.807) is 0 Å². The summed E-state index contributed by atoms with van der Waals surface area (Å²) in [7, 11) is 0. The van der Waals surface area contributed by atoms with Crippen LogP contribution >= 0.6 is 0 Å². The number of anilines is 4. The number of nitrogens with zero attached hydrogens (tertiary/aromatic N) is 2. The van der Waals surface area contributed by atoms with Crippen LogP contribution in [0.3, 0.4) is 0 Å². The van der Waals surface area contributed by atoms with E-state index in [1.807, 2.05) is 0 Å². The van der Waals surface area contributed by atoms with Gasteiger partial charge in [0.1, 0.15) is 0 Å². The van der Waals surface area contributed by atoms with Gasteiger partial charge in [-0.05, 0) is 146 Å². The molecule has 2 nitrogen and oxygen atoms in total. The molecule has 0 radical (unpaired) electrons. The van der Waals surface area contributed by atoms with Crippen molar-refractivity contribution in [2.45, 2.75) is 54.6 Å². The summed E-state index contributed by atoms with van der Waals surface area (Å²) in [6.45, 7) is 14.6. The maximum atomic E-state index is 2.41. The van der Waals surface area contributed by atoms with Gasteiger partial charge in [-0.25, -0.2) is 0 Å². The Bertz CT molecular complexity index is 2100. The molecule has 7 aromatic rings.